The van der Waals surface area contributed by atoms with Gasteiger partial charge in [0.15, 0.2) is 21.3 Å². The van der Waals surface area contributed by atoms with E-state index in [-0.39, 0.29) is 17.5 Å². The SMILES string of the molecule is CC(C)(C)OC(=O)C[C@@H]1CCN(c2ccc(Cl)nn2)C1.CC(C)(C)OC(=O)C[C@@H]1CCNC1.Clc1ccc(Cl)nn1. The van der Waals surface area contributed by atoms with Crippen molar-refractivity contribution in [3.63, 3.8) is 0 Å². The van der Waals surface area contributed by atoms with E-state index in [1.54, 1.807) is 18.2 Å². The van der Waals surface area contributed by atoms with Gasteiger partial charge in [-0.25, -0.2) is 0 Å². The van der Waals surface area contributed by atoms with Crippen LogP contribution in [0.2, 0.25) is 15.5 Å². The minimum Gasteiger partial charge on any atom is -0.460 e. The zero-order valence-electron chi connectivity index (χ0n) is 24.6. The van der Waals surface area contributed by atoms with Crippen LogP contribution in [0.15, 0.2) is 24.3 Å². The molecule has 0 saturated carbocycles. The molecule has 4 rings (SSSR count). The standard InChI is InChI=1S/C14H20ClN3O2.C10H19NO2.C4H2Cl2N2/c1-14(2,3)20-13(19)8-10-6-7-18(9-10)12-5-4-11(15)16-17-12;1-10(2,3)13-9(12)6-8-4-5-11-7-8;5-3-1-2-4(6)8-7-3/h4-5,10H,6-9H2,1-3H3;8,11H,4-7H2,1-3H3;1-2H/t10-;8-;/m00./s1. The summed E-state index contributed by atoms with van der Waals surface area (Å²) in [7, 11) is 0. The summed E-state index contributed by atoms with van der Waals surface area (Å²) in [5.41, 5.74) is -0.764. The molecular formula is C28H41Cl3N6O4. The predicted octanol–water partition coefficient (Wildman–Crippen LogP) is 5.80. The topological polar surface area (TPSA) is 119 Å². The number of esters is 2. The summed E-state index contributed by atoms with van der Waals surface area (Å²) in [6.45, 7) is 15.0. The normalized spacial score (nSPS) is 18.5. The van der Waals surface area contributed by atoms with Gasteiger partial charge in [-0.3, -0.25) is 9.59 Å². The summed E-state index contributed by atoms with van der Waals surface area (Å²) < 4.78 is 10.6. The van der Waals surface area contributed by atoms with Crippen LogP contribution < -0.4 is 10.2 Å². The number of nitrogens with one attached hydrogen (secondary N) is 1. The Morgan fingerprint density at radius 1 is 0.805 bits per heavy atom. The lowest BCUT2D eigenvalue weighted by Gasteiger charge is -2.21. The van der Waals surface area contributed by atoms with Gasteiger partial charge in [-0.1, -0.05) is 34.8 Å². The van der Waals surface area contributed by atoms with Gasteiger partial charge < -0.3 is 19.7 Å². The van der Waals surface area contributed by atoms with Gasteiger partial charge in [0.1, 0.15) is 11.2 Å². The van der Waals surface area contributed by atoms with Crippen LogP contribution in [0, 0.1) is 11.8 Å². The van der Waals surface area contributed by atoms with Crippen LogP contribution in [-0.2, 0) is 19.1 Å². The van der Waals surface area contributed by atoms with Gasteiger partial charge in [-0.15, -0.1) is 20.4 Å². The fourth-order valence-corrected chi connectivity index (χ4v) is 4.41. The van der Waals surface area contributed by atoms with Crippen molar-refractivity contribution < 1.29 is 19.1 Å². The zero-order valence-corrected chi connectivity index (χ0v) is 26.9. The molecule has 41 heavy (non-hydrogen) atoms. The zero-order chi connectivity index (χ0) is 30.6. The van der Waals surface area contributed by atoms with E-state index in [0.717, 1.165) is 44.8 Å². The first-order valence-electron chi connectivity index (χ1n) is 13.6. The quantitative estimate of drug-likeness (QED) is 0.406. The number of hydrogen-bond acceptors (Lipinski definition) is 10. The molecule has 228 valence electrons. The van der Waals surface area contributed by atoms with Crippen molar-refractivity contribution in [3.05, 3.63) is 39.7 Å². The first kappa shape index (κ1) is 34.9. The lowest BCUT2D eigenvalue weighted by Crippen LogP contribution is -2.26. The molecule has 1 N–H and O–H groups in total. The monoisotopic (exact) mass is 630 g/mol. The number of carbonyl (C=O) groups excluding carboxylic acids is 2. The predicted molar refractivity (Wildman–Crippen MR) is 161 cm³/mol. The summed E-state index contributed by atoms with van der Waals surface area (Å²) in [6, 6.07) is 6.74. The molecule has 0 aliphatic carbocycles. The second-order valence-corrected chi connectivity index (χ2v) is 13.1. The van der Waals surface area contributed by atoms with E-state index >= 15 is 0 Å². The molecule has 13 heteroatoms. The van der Waals surface area contributed by atoms with Crippen molar-refractivity contribution >= 4 is 52.6 Å². The summed E-state index contributed by atoms with van der Waals surface area (Å²) >= 11 is 16.5. The molecule has 2 atom stereocenters. The molecule has 0 bridgehead atoms. The number of carbonyl (C=O) groups is 2. The molecule has 2 saturated heterocycles. The average molecular weight is 632 g/mol. The number of halogens is 3. The number of hydrogen-bond donors (Lipinski definition) is 1. The van der Waals surface area contributed by atoms with Crippen LogP contribution in [0.4, 0.5) is 5.82 Å². The van der Waals surface area contributed by atoms with Crippen LogP contribution in [0.3, 0.4) is 0 Å². The Morgan fingerprint density at radius 3 is 1.71 bits per heavy atom. The van der Waals surface area contributed by atoms with E-state index < -0.39 is 5.60 Å². The van der Waals surface area contributed by atoms with Gasteiger partial charge in [0.05, 0.1) is 6.42 Å². The Hall–Kier alpha value is -2.27. The lowest BCUT2D eigenvalue weighted by molar-refractivity contribution is -0.157. The van der Waals surface area contributed by atoms with Gasteiger partial charge in [0, 0.05) is 19.5 Å². The molecule has 4 heterocycles. The second kappa shape index (κ2) is 16.4. The Morgan fingerprint density at radius 2 is 1.29 bits per heavy atom. The third-order valence-corrected chi connectivity index (χ3v) is 6.35. The fraction of sp³-hybridized carbons (Fsp3) is 0.643. The molecule has 0 radical (unpaired) electrons. The van der Waals surface area contributed by atoms with Crippen LogP contribution in [0.5, 0.6) is 0 Å². The molecule has 2 aliphatic rings. The molecule has 2 fully saturated rings. The third-order valence-electron chi connectivity index (χ3n) is 5.74. The number of ether oxygens (including phenoxy) is 2. The first-order valence-corrected chi connectivity index (χ1v) is 14.8. The van der Waals surface area contributed by atoms with Crippen molar-refractivity contribution in [1.29, 1.82) is 0 Å². The number of aromatic nitrogens is 4. The fourth-order valence-electron chi connectivity index (χ4n) is 4.11. The van der Waals surface area contributed by atoms with Crippen LogP contribution in [0.25, 0.3) is 0 Å². The molecule has 0 amide bonds. The first-order chi connectivity index (χ1) is 19.1. The van der Waals surface area contributed by atoms with Gasteiger partial charge in [-0.2, -0.15) is 0 Å². The minimum atomic E-state index is -0.420. The highest BCUT2D eigenvalue weighted by Gasteiger charge is 2.28. The highest BCUT2D eigenvalue weighted by atomic mass is 35.5. The van der Waals surface area contributed by atoms with Gasteiger partial charge >= 0.3 is 11.9 Å². The van der Waals surface area contributed by atoms with E-state index in [9.17, 15) is 9.59 Å². The van der Waals surface area contributed by atoms with E-state index in [1.807, 2.05) is 47.6 Å². The minimum absolute atomic E-state index is 0.0683. The summed E-state index contributed by atoms with van der Waals surface area (Å²) in [5, 5.41) is 19.2. The van der Waals surface area contributed by atoms with Crippen molar-refractivity contribution in [1.82, 2.24) is 25.7 Å². The number of nitrogens with zero attached hydrogens (tertiary/aromatic N) is 5. The third kappa shape index (κ3) is 15.5. The van der Waals surface area contributed by atoms with Crippen molar-refractivity contribution in [2.75, 3.05) is 31.1 Å². The smallest absolute Gasteiger partial charge is 0.306 e. The Balaban J connectivity index is 0.000000239. The summed E-state index contributed by atoms with van der Waals surface area (Å²) in [4.78, 5) is 25.3. The Kier molecular flexibility index (Phi) is 14.0. The molecule has 2 aromatic rings. The van der Waals surface area contributed by atoms with E-state index in [2.05, 4.69) is 30.6 Å². The van der Waals surface area contributed by atoms with Crippen LogP contribution in [-0.4, -0.2) is 69.7 Å². The highest BCUT2D eigenvalue weighted by molar-refractivity contribution is 6.31. The number of rotatable bonds is 5. The molecular weight excluding hydrogens is 591 g/mol. The van der Waals surface area contributed by atoms with Crippen molar-refractivity contribution in [2.45, 2.75) is 78.4 Å². The lowest BCUT2D eigenvalue weighted by atomic mass is 10.1. The second-order valence-electron chi connectivity index (χ2n) is 11.9. The largest absolute Gasteiger partial charge is 0.460 e. The van der Waals surface area contributed by atoms with Crippen molar-refractivity contribution in [2.24, 2.45) is 11.8 Å². The van der Waals surface area contributed by atoms with Crippen LogP contribution in [0.1, 0.15) is 67.2 Å². The maximum atomic E-state index is 11.8. The summed E-state index contributed by atoms with van der Waals surface area (Å²) in [5.74, 6) is 1.39. The Bertz CT molecular complexity index is 1060. The van der Waals surface area contributed by atoms with Gasteiger partial charge in [0.25, 0.3) is 0 Å². The van der Waals surface area contributed by atoms with E-state index in [0.29, 0.717) is 40.1 Å². The van der Waals surface area contributed by atoms with E-state index in [1.165, 1.54) is 0 Å². The maximum Gasteiger partial charge on any atom is 0.306 e. The van der Waals surface area contributed by atoms with Crippen LogP contribution >= 0.6 is 34.8 Å². The highest BCUT2D eigenvalue weighted by Crippen LogP contribution is 2.25. The molecule has 2 aliphatic heterocycles. The van der Waals surface area contributed by atoms with Gasteiger partial charge in [-0.05, 0) is 104 Å². The molecule has 10 nitrogen and oxygen atoms in total. The summed E-state index contributed by atoms with van der Waals surface area (Å²) in [6.07, 6.45) is 3.07. The number of anilines is 1. The maximum absolute atomic E-state index is 11.8. The molecule has 0 aromatic carbocycles. The van der Waals surface area contributed by atoms with Gasteiger partial charge in [0.2, 0.25) is 0 Å². The molecule has 0 spiro atoms. The Labute approximate surface area is 257 Å². The van der Waals surface area contributed by atoms with E-state index in [4.69, 9.17) is 44.3 Å². The van der Waals surface area contributed by atoms with Crippen molar-refractivity contribution in [3.8, 4) is 0 Å². The average Bonchev–Trinajstić information content (AvgIpc) is 3.52. The molecule has 0 unspecified atom stereocenters. The molecule has 2 aromatic heterocycles.